The first-order valence-electron chi connectivity index (χ1n) is 5.77. The molecule has 0 unspecified atom stereocenters. The zero-order chi connectivity index (χ0) is 15.6. The molecule has 4 N–H and O–H groups in total. The third kappa shape index (κ3) is 3.56. The van der Waals surface area contributed by atoms with Crippen LogP contribution in [0.2, 0.25) is 0 Å². The van der Waals surface area contributed by atoms with Crippen LogP contribution in [0.3, 0.4) is 0 Å². The number of rotatable bonds is 3. The van der Waals surface area contributed by atoms with E-state index in [1.807, 2.05) is 0 Å². The van der Waals surface area contributed by atoms with E-state index in [0.717, 1.165) is 16.6 Å². The van der Waals surface area contributed by atoms with Crippen LogP contribution in [-0.4, -0.2) is 16.0 Å². The van der Waals surface area contributed by atoms with E-state index in [1.165, 1.54) is 6.07 Å². The minimum Gasteiger partial charge on any atom is -0.507 e. The summed E-state index contributed by atoms with van der Waals surface area (Å²) in [6.45, 7) is 0. The Kier molecular flexibility index (Phi) is 4.54. The molecule has 0 aliphatic rings. The minimum atomic E-state index is -0.628. The molecule has 4 nitrogen and oxygen atoms in total. The van der Waals surface area contributed by atoms with Gasteiger partial charge in [-0.05, 0) is 30.3 Å². The zero-order valence-electron chi connectivity index (χ0n) is 10.6. The van der Waals surface area contributed by atoms with Gasteiger partial charge in [0.2, 0.25) is 0 Å². The SMILES string of the molecule is NC(=S)c1cc(Br)ccc1NC(=O)c1ccc(F)cc1O. The van der Waals surface area contributed by atoms with Crippen molar-refractivity contribution >= 4 is 44.7 Å². The van der Waals surface area contributed by atoms with Gasteiger partial charge in [0, 0.05) is 16.1 Å². The molecule has 21 heavy (non-hydrogen) atoms. The summed E-state index contributed by atoms with van der Waals surface area (Å²) in [7, 11) is 0. The topological polar surface area (TPSA) is 75.3 Å². The Morgan fingerprint density at radius 2 is 1.95 bits per heavy atom. The van der Waals surface area contributed by atoms with Gasteiger partial charge in [0.05, 0.1) is 11.3 Å². The Morgan fingerprint density at radius 1 is 1.24 bits per heavy atom. The number of hydrogen-bond donors (Lipinski definition) is 3. The smallest absolute Gasteiger partial charge is 0.259 e. The molecule has 2 aromatic rings. The van der Waals surface area contributed by atoms with Crippen molar-refractivity contribution in [1.82, 2.24) is 0 Å². The van der Waals surface area contributed by atoms with Crippen molar-refractivity contribution < 1.29 is 14.3 Å². The molecular formula is C14H10BrFN2O2S. The van der Waals surface area contributed by atoms with Gasteiger partial charge in [0.15, 0.2) is 0 Å². The average Bonchev–Trinajstić information content (AvgIpc) is 2.40. The molecule has 108 valence electrons. The Balaban J connectivity index is 2.34. The number of nitrogens with two attached hydrogens (primary N) is 1. The summed E-state index contributed by atoms with van der Waals surface area (Å²) in [4.78, 5) is 12.2. The largest absolute Gasteiger partial charge is 0.507 e. The molecular weight excluding hydrogens is 359 g/mol. The number of phenols is 1. The molecule has 1 amide bonds. The lowest BCUT2D eigenvalue weighted by atomic mass is 10.1. The number of halogens is 2. The van der Waals surface area contributed by atoms with Crippen LogP contribution in [0, 0.1) is 5.82 Å². The molecule has 2 aromatic carbocycles. The Morgan fingerprint density at radius 3 is 2.57 bits per heavy atom. The lowest BCUT2D eigenvalue weighted by molar-refractivity contribution is 0.102. The van der Waals surface area contributed by atoms with Gasteiger partial charge in [0.25, 0.3) is 5.91 Å². The standard InChI is InChI=1S/C14H10BrFN2O2S/c15-7-1-4-11(10(5-7)13(17)21)18-14(20)9-3-2-8(16)6-12(9)19/h1-6,19H,(H2,17,21)(H,18,20). The molecule has 0 saturated heterocycles. The minimum absolute atomic E-state index is 0.0480. The van der Waals surface area contributed by atoms with E-state index in [2.05, 4.69) is 21.2 Å². The zero-order valence-corrected chi connectivity index (χ0v) is 13.0. The highest BCUT2D eigenvalue weighted by Gasteiger charge is 2.14. The fourth-order valence-electron chi connectivity index (χ4n) is 1.72. The van der Waals surface area contributed by atoms with Crippen LogP contribution in [0.4, 0.5) is 10.1 Å². The fraction of sp³-hybridized carbons (Fsp3) is 0. The highest BCUT2D eigenvalue weighted by atomic mass is 79.9. The first-order valence-corrected chi connectivity index (χ1v) is 6.98. The maximum atomic E-state index is 12.9. The number of aromatic hydroxyl groups is 1. The summed E-state index contributed by atoms with van der Waals surface area (Å²) in [6, 6.07) is 8.15. The number of anilines is 1. The van der Waals surface area contributed by atoms with E-state index >= 15 is 0 Å². The molecule has 0 saturated carbocycles. The predicted octanol–water partition coefficient (Wildman–Crippen LogP) is 3.18. The molecule has 0 aromatic heterocycles. The fourth-order valence-corrected chi connectivity index (χ4v) is 2.25. The second-order valence-electron chi connectivity index (χ2n) is 4.17. The Labute approximate surface area is 133 Å². The number of hydrogen-bond acceptors (Lipinski definition) is 3. The second-order valence-corrected chi connectivity index (χ2v) is 5.53. The van der Waals surface area contributed by atoms with Gasteiger partial charge in [0.1, 0.15) is 16.6 Å². The van der Waals surface area contributed by atoms with Gasteiger partial charge >= 0.3 is 0 Å². The van der Waals surface area contributed by atoms with Gasteiger partial charge in [-0.3, -0.25) is 4.79 Å². The van der Waals surface area contributed by atoms with Crippen LogP contribution < -0.4 is 11.1 Å². The van der Waals surface area contributed by atoms with Crippen molar-refractivity contribution in [3.8, 4) is 5.75 Å². The molecule has 0 aliphatic heterocycles. The van der Waals surface area contributed by atoms with Gasteiger partial charge in [-0.15, -0.1) is 0 Å². The quantitative estimate of drug-likeness (QED) is 0.727. The van der Waals surface area contributed by atoms with E-state index in [1.54, 1.807) is 18.2 Å². The van der Waals surface area contributed by atoms with Crippen LogP contribution in [0.25, 0.3) is 0 Å². The van der Waals surface area contributed by atoms with Crippen LogP contribution in [-0.2, 0) is 0 Å². The molecule has 0 radical (unpaired) electrons. The number of carbonyl (C=O) groups excluding carboxylic acids is 1. The maximum Gasteiger partial charge on any atom is 0.259 e. The van der Waals surface area contributed by atoms with Crippen LogP contribution in [0.15, 0.2) is 40.9 Å². The van der Waals surface area contributed by atoms with E-state index in [0.29, 0.717) is 11.3 Å². The lowest BCUT2D eigenvalue weighted by Gasteiger charge is -2.11. The molecule has 0 heterocycles. The molecule has 0 aliphatic carbocycles. The summed E-state index contributed by atoms with van der Waals surface area (Å²) in [5, 5.41) is 12.2. The number of phenolic OH excluding ortho intramolecular Hbond substituents is 1. The van der Waals surface area contributed by atoms with Gasteiger partial charge in [-0.25, -0.2) is 4.39 Å². The number of amides is 1. The molecule has 0 spiro atoms. The summed E-state index contributed by atoms with van der Waals surface area (Å²) < 4.78 is 13.7. The normalized spacial score (nSPS) is 10.2. The average molecular weight is 369 g/mol. The van der Waals surface area contributed by atoms with Gasteiger partial charge in [-0.2, -0.15) is 0 Å². The van der Waals surface area contributed by atoms with Crippen molar-refractivity contribution in [3.63, 3.8) is 0 Å². The van der Waals surface area contributed by atoms with Gasteiger partial charge in [-0.1, -0.05) is 28.1 Å². The van der Waals surface area contributed by atoms with E-state index < -0.39 is 17.5 Å². The van der Waals surface area contributed by atoms with E-state index in [9.17, 15) is 14.3 Å². The third-order valence-corrected chi connectivity index (χ3v) is 3.41. The van der Waals surface area contributed by atoms with Crippen molar-refractivity contribution in [2.75, 3.05) is 5.32 Å². The maximum absolute atomic E-state index is 12.9. The summed E-state index contributed by atoms with van der Waals surface area (Å²) in [6.07, 6.45) is 0. The Bertz CT molecular complexity index is 737. The van der Waals surface area contributed by atoms with E-state index in [-0.39, 0.29) is 10.6 Å². The number of thiocarbonyl (C=S) groups is 1. The summed E-state index contributed by atoms with van der Waals surface area (Å²) in [5.74, 6) is -1.66. The Hall–Kier alpha value is -1.99. The highest BCUT2D eigenvalue weighted by molar-refractivity contribution is 9.10. The third-order valence-electron chi connectivity index (χ3n) is 2.70. The molecule has 2 rings (SSSR count). The van der Waals surface area contributed by atoms with Crippen LogP contribution >= 0.6 is 28.1 Å². The van der Waals surface area contributed by atoms with Crippen LogP contribution in [0.5, 0.6) is 5.75 Å². The molecule has 0 atom stereocenters. The predicted molar refractivity (Wildman–Crippen MR) is 86.0 cm³/mol. The van der Waals surface area contributed by atoms with Crippen LogP contribution in [0.1, 0.15) is 15.9 Å². The van der Waals surface area contributed by atoms with Crippen molar-refractivity contribution in [1.29, 1.82) is 0 Å². The van der Waals surface area contributed by atoms with Crippen molar-refractivity contribution in [2.24, 2.45) is 5.73 Å². The summed E-state index contributed by atoms with van der Waals surface area (Å²) >= 11 is 8.21. The lowest BCUT2D eigenvalue weighted by Crippen LogP contribution is -2.17. The monoisotopic (exact) mass is 368 g/mol. The first-order chi connectivity index (χ1) is 9.88. The highest BCUT2D eigenvalue weighted by Crippen LogP contribution is 2.24. The van der Waals surface area contributed by atoms with E-state index in [4.69, 9.17) is 18.0 Å². The molecule has 0 bridgehead atoms. The molecule has 0 fully saturated rings. The van der Waals surface area contributed by atoms with Crippen molar-refractivity contribution in [2.45, 2.75) is 0 Å². The summed E-state index contributed by atoms with van der Waals surface area (Å²) in [5.41, 5.74) is 6.44. The van der Waals surface area contributed by atoms with Crippen molar-refractivity contribution in [3.05, 3.63) is 57.8 Å². The first kappa shape index (κ1) is 15.4. The number of carbonyl (C=O) groups is 1. The number of nitrogens with one attached hydrogen (secondary N) is 1. The van der Waals surface area contributed by atoms with Gasteiger partial charge < -0.3 is 16.2 Å². The molecule has 7 heteroatoms. The number of benzene rings is 2. The second kappa shape index (κ2) is 6.19.